The first-order valence-corrected chi connectivity index (χ1v) is 6.29. The number of nitrogens with zero attached hydrogens (tertiary/aromatic N) is 1. The van der Waals surface area contributed by atoms with E-state index in [1.54, 1.807) is 6.07 Å². The minimum absolute atomic E-state index is 0.0465. The van der Waals surface area contributed by atoms with Gasteiger partial charge >= 0.3 is 0 Å². The lowest BCUT2D eigenvalue weighted by atomic mass is 10.2. The Morgan fingerprint density at radius 2 is 1.95 bits per heavy atom. The van der Waals surface area contributed by atoms with Crippen molar-refractivity contribution < 1.29 is 8.78 Å². The van der Waals surface area contributed by atoms with Crippen LogP contribution in [0.2, 0.25) is 5.02 Å². The number of anilines is 2. The van der Waals surface area contributed by atoms with Crippen LogP contribution in [0, 0.1) is 23.0 Å². The van der Waals surface area contributed by atoms with E-state index in [-0.39, 0.29) is 10.6 Å². The van der Waals surface area contributed by atoms with Gasteiger partial charge in [0.2, 0.25) is 0 Å². The molecule has 1 N–H and O–H groups in total. The Bertz CT molecular complexity index is 660. The molecule has 2 aromatic carbocycles. The van der Waals surface area contributed by atoms with E-state index >= 15 is 0 Å². The molecule has 2 rings (SSSR count). The van der Waals surface area contributed by atoms with Gasteiger partial charge in [0.15, 0.2) is 0 Å². The summed E-state index contributed by atoms with van der Waals surface area (Å²) in [5.41, 5.74) is 0.785. The molecule has 0 saturated heterocycles. The van der Waals surface area contributed by atoms with Crippen molar-refractivity contribution in [2.75, 3.05) is 5.32 Å². The summed E-state index contributed by atoms with van der Waals surface area (Å²) < 4.78 is 26.9. The summed E-state index contributed by atoms with van der Waals surface area (Å²) in [5.74, 6) is -1.12. The van der Waals surface area contributed by atoms with Crippen LogP contribution in [-0.4, -0.2) is 0 Å². The monoisotopic (exact) mass is 342 g/mol. The van der Waals surface area contributed by atoms with Crippen molar-refractivity contribution in [3.05, 3.63) is 57.0 Å². The molecule has 96 valence electrons. The van der Waals surface area contributed by atoms with Crippen LogP contribution in [0.4, 0.5) is 20.2 Å². The fraction of sp³-hybridized carbons (Fsp3) is 0. The molecule has 0 aliphatic rings. The van der Waals surface area contributed by atoms with Crippen LogP contribution in [0.3, 0.4) is 0 Å². The molecule has 0 saturated carbocycles. The van der Waals surface area contributed by atoms with E-state index in [0.717, 1.165) is 6.07 Å². The molecule has 0 bridgehead atoms. The summed E-state index contributed by atoms with van der Waals surface area (Å²) in [6.45, 7) is 0. The SMILES string of the molecule is N#Cc1ccc(Nc2c(Cl)cc(F)cc2Br)cc1F. The van der Waals surface area contributed by atoms with Gasteiger partial charge in [0.05, 0.1) is 16.3 Å². The molecule has 0 heterocycles. The highest BCUT2D eigenvalue weighted by Gasteiger charge is 2.10. The summed E-state index contributed by atoms with van der Waals surface area (Å²) in [6.07, 6.45) is 0. The van der Waals surface area contributed by atoms with Crippen LogP contribution in [0.5, 0.6) is 0 Å². The molecular formula is C13H6BrClF2N2. The summed E-state index contributed by atoms with van der Waals surface area (Å²) in [7, 11) is 0. The third-order valence-corrected chi connectivity index (χ3v) is 3.29. The summed E-state index contributed by atoms with van der Waals surface area (Å²) in [6, 6.07) is 8.18. The molecule has 0 aliphatic carbocycles. The van der Waals surface area contributed by atoms with Gasteiger partial charge in [-0.3, -0.25) is 0 Å². The maximum Gasteiger partial charge on any atom is 0.143 e. The smallest absolute Gasteiger partial charge is 0.143 e. The highest BCUT2D eigenvalue weighted by molar-refractivity contribution is 9.10. The maximum absolute atomic E-state index is 13.5. The molecule has 0 aliphatic heterocycles. The third kappa shape index (κ3) is 3.03. The van der Waals surface area contributed by atoms with Gasteiger partial charge in [-0.1, -0.05) is 11.6 Å². The molecule has 0 aromatic heterocycles. The zero-order valence-electron chi connectivity index (χ0n) is 9.35. The minimum atomic E-state index is -0.637. The van der Waals surface area contributed by atoms with Crippen molar-refractivity contribution in [1.82, 2.24) is 0 Å². The average molecular weight is 344 g/mol. The molecule has 2 aromatic rings. The molecule has 0 unspecified atom stereocenters. The molecule has 0 amide bonds. The summed E-state index contributed by atoms with van der Waals surface area (Å²) in [5, 5.41) is 11.7. The Morgan fingerprint density at radius 1 is 1.21 bits per heavy atom. The number of rotatable bonds is 2. The van der Waals surface area contributed by atoms with E-state index in [9.17, 15) is 8.78 Å². The molecular weight excluding hydrogens is 338 g/mol. The number of nitriles is 1. The van der Waals surface area contributed by atoms with Gasteiger partial charge in [-0.15, -0.1) is 0 Å². The quantitative estimate of drug-likeness (QED) is 0.833. The van der Waals surface area contributed by atoms with Gasteiger partial charge in [0, 0.05) is 10.2 Å². The predicted molar refractivity (Wildman–Crippen MR) is 73.5 cm³/mol. The second-order valence-electron chi connectivity index (χ2n) is 3.68. The number of halogens is 4. The number of benzene rings is 2. The average Bonchev–Trinajstić information content (AvgIpc) is 2.34. The third-order valence-electron chi connectivity index (χ3n) is 2.37. The fourth-order valence-corrected chi connectivity index (χ4v) is 2.39. The van der Waals surface area contributed by atoms with Crippen molar-refractivity contribution in [3.8, 4) is 6.07 Å². The van der Waals surface area contributed by atoms with Crippen LogP contribution in [0.25, 0.3) is 0 Å². The second-order valence-corrected chi connectivity index (χ2v) is 4.94. The summed E-state index contributed by atoms with van der Waals surface area (Å²) >= 11 is 9.07. The second kappa shape index (κ2) is 5.55. The molecule has 0 radical (unpaired) electrons. The first-order chi connectivity index (χ1) is 9.01. The lowest BCUT2D eigenvalue weighted by molar-refractivity contribution is 0.624. The molecule has 0 fully saturated rings. The van der Waals surface area contributed by atoms with E-state index < -0.39 is 11.6 Å². The number of nitrogens with one attached hydrogen (secondary N) is 1. The first-order valence-electron chi connectivity index (χ1n) is 5.12. The Kier molecular flexibility index (Phi) is 4.03. The maximum atomic E-state index is 13.5. The van der Waals surface area contributed by atoms with E-state index in [1.807, 2.05) is 0 Å². The van der Waals surface area contributed by atoms with Crippen molar-refractivity contribution in [3.63, 3.8) is 0 Å². The topological polar surface area (TPSA) is 35.8 Å². The van der Waals surface area contributed by atoms with Crippen LogP contribution < -0.4 is 5.32 Å². The largest absolute Gasteiger partial charge is 0.353 e. The van der Waals surface area contributed by atoms with Gasteiger partial charge in [-0.05, 0) is 46.3 Å². The number of hydrogen-bond acceptors (Lipinski definition) is 2. The van der Waals surface area contributed by atoms with E-state index in [2.05, 4.69) is 21.2 Å². The molecule has 0 spiro atoms. The standard InChI is InChI=1S/C13H6BrClF2N2/c14-10-3-8(16)4-11(15)13(10)19-9-2-1-7(6-18)12(17)5-9/h1-5,19H. The predicted octanol–water partition coefficient (Wildman–Crippen LogP) is 5.00. The molecule has 19 heavy (non-hydrogen) atoms. The van der Waals surface area contributed by atoms with Crippen molar-refractivity contribution >= 4 is 38.9 Å². The summed E-state index contributed by atoms with van der Waals surface area (Å²) in [4.78, 5) is 0. The van der Waals surface area contributed by atoms with Gasteiger partial charge < -0.3 is 5.32 Å². The fourth-order valence-electron chi connectivity index (χ4n) is 1.49. The van der Waals surface area contributed by atoms with E-state index in [4.69, 9.17) is 16.9 Å². The molecule has 6 heteroatoms. The molecule has 2 nitrogen and oxygen atoms in total. The Balaban J connectivity index is 2.37. The van der Waals surface area contributed by atoms with E-state index in [0.29, 0.717) is 15.8 Å². The zero-order chi connectivity index (χ0) is 14.0. The highest BCUT2D eigenvalue weighted by Crippen LogP contribution is 2.34. The minimum Gasteiger partial charge on any atom is -0.353 e. The van der Waals surface area contributed by atoms with Crippen molar-refractivity contribution in [2.24, 2.45) is 0 Å². The van der Waals surface area contributed by atoms with Crippen molar-refractivity contribution in [1.29, 1.82) is 5.26 Å². The van der Waals surface area contributed by atoms with Crippen LogP contribution in [-0.2, 0) is 0 Å². The van der Waals surface area contributed by atoms with Gasteiger partial charge in [-0.25, -0.2) is 8.78 Å². The lowest BCUT2D eigenvalue weighted by Gasteiger charge is -2.11. The Hall–Kier alpha value is -1.64. The van der Waals surface area contributed by atoms with Crippen LogP contribution in [0.1, 0.15) is 5.56 Å². The van der Waals surface area contributed by atoms with Crippen LogP contribution in [0.15, 0.2) is 34.8 Å². The zero-order valence-corrected chi connectivity index (χ0v) is 11.7. The Labute approximate surface area is 121 Å². The van der Waals surface area contributed by atoms with Gasteiger partial charge in [-0.2, -0.15) is 5.26 Å². The Morgan fingerprint density at radius 3 is 2.53 bits per heavy atom. The molecule has 0 atom stereocenters. The lowest BCUT2D eigenvalue weighted by Crippen LogP contribution is -1.95. The van der Waals surface area contributed by atoms with Crippen molar-refractivity contribution in [2.45, 2.75) is 0 Å². The van der Waals surface area contributed by atoms with Crippen LogP contribution >= 0.6 is 27.5 Å². The van der Waals surface area contributed by atoms with Gasteiger partial charge in [0.1, 0.15) is 17.7 Å². The van der Waals surface area contributed by atoms with E-state index in [1.165, 1.54) is 24.3 Å². The number of hydrogen-bond donors (Lipinski definition) is 1. The van der Waals surface area contributed by atoms with Gasteiger partial charge in [0.25, 0.3) is 0 Å². The normalized spacial score (nSPS) is 10.1. The first kappa shape index (κ1) is 13.8. The highest BCUT2D eigenvalue weighted by atomic mass is 79.9.